The number of sulfonamides is 1. The average Bonchev–Trinajstić information content (AvgIpc) is 2.75. The predicted octanol–water partition coefficient (Wildman–Crippen LogP) is 1.83. The number of rotatable bonds is 8. The minimum absolute atomic E-state index is 0.195. The van der Waals surface area contributed by atoms with Crippen LogP contribution in [0.4, 0.5) is 4.39 Å². The van der Waals surface area contributed by atoms with Crippen molar-refractivity contribution < 1.29 is 27.4 Å². The Kier molecular flexibility index (Phi) is 7.54. The van der Waals surface area contributed by atoms with Gasteiger partial charge in [0.15, 0.2) is 0 Å². The summed E-state index contributed by atoms with van der Waals surface area (Å²) in [6, 6.07) is 13.1. The van der Waals surface area contributed by atoms with Crippen molar-refractivity contribution in [2.45, 2.75) is 42.4 Å². The zero-order valence-corrected chi connectivity index (χ0v) is 17.1. The lowest BCUT2D eigenvalue weighted by atomic mass is 9.97. The van der Waals surface area contributed by atoms with Crippen LogP contribution in [-0.2, 0) is 14.8 Å². The summed E-state index contributed by atoms with van der Waals surface area (Å²) >= 11 is 0. The standard InChI is InChI=1S/C21H25FN2O5S/c22-16-6-4-5-15(13-16)21(26)24-19-10-9-17(29-20(19)14-25)11-12-23-30(27,28)18-7-2-1-3-8-18/h1-8,13,17,19-20,23,25H,9-12,14H2,(H,24,26)/t17-,19+,20-/m1/s1. The van der Waals surface area contributed by atoms with Gasteiger partial charge in [-0.05, 0) is 49.6 Å². The third kappa shape index (κ3) is 5.85. The molecule has 0 spiro atoms. The first-order valence-electron chi connectivity index (χ1n) is 9.76. The van der Waals surface area contributed by atoms with Crippen LogP contribution in [0.25, 0.3) is 0 Å². The maximum absolute atomic E-state index is 13.3. The van der Waals surface area contributed by atoms with Crippen molar-refractivity contribution in [2.75, 3.05) is 13.2 Å². The zero-order valence-electron chi connectivity index (χ0n) is 16.3. The molecule has 3 rings (SSSR count). The van der Waals surface area contributed by atoms with Crippen molar-refractivity contribution in [3.63, 3.8) is 0 Å². The third-order valence-corrected chi connectivity index (χ3v) is 6.49. The maximum atomic E-state index is 13.3. The van der Waals surface area contributed by atoms with E-state index in [2.05, 4.69) is 10.0 Å². The molecule has 0 bridgehead atoms. The fraction of sp³-hybridized carbons (Fsp3) is 0.381. The first-order chi connectivity index (χ1) is 14.4. The monoisotopic (exact) mass is 436 g/mol. The second-order valence-electron chi connectivity index (χ2n) is 7.15. The Bertz CT molecular complexity index is 955. The highest BCUT2D eigenvalue weighted by Crippen LogP contribution is 2.22. The minimum atomic E-state index is -3.58. The minimum Gasteiger partial charge on any atom is -0.394 e. The van der Waals surface area contributed by atoms with Gasteiger partial charge in [0.1, 0.15) is 11.9 Å². The van der Waals surface area contributed by atoms with Crippen LogP contribution in [-0.4, -0.2) is 50.8 Å². The largest absolute Gasteiger partial charge is 0.394 e. The van der Waals surface area contributed by atoms with Crippen LogP contribution < -0.4 is 10.0 Å². The predicted molar refractivity (Wildman–Crippen MR) is 109 cm³/mol. The molecule has 1 heterocycles. The van der Waals surface area contributed by atoms with Crippen LogP contribution in [0.1, 0.15) is 29.6 Å². The smallest absolute Gasteiger partial charge is 0.251 e. The van der Waals surface area contributed by atoms with Crippen molar-refractivity contribution in [3.8, 4) is 0 Å². The van der Waals surface area contributed by atoms with Gasteiger partial charge in [0.05, 0.1) is 23.6 Å². The fourth-order valence-electron chi connectivity index (χ4n) is 3.43. The number of halogens is 1. The van der Waals surface area contributed by atoms with E-state index >= 15 is 0 Å². The number of hydrogen-bond acceptors (Lipinski definition) is 5. The van der Waals surface area contributed by atoms with Crippen molar-refractivity contribution in [2.24, 2.45) is 0 Å². The van der Waals surface area contributed by atoms with Crippen molar-refractivity contribution in [1.29, 1.82) is 0 Å². The molecule has 2 aromatic carbocycles. The number of benzene rings is 2. The van der Waals surface area contributed by atoms with Gasteiger partial charge in [-0.3, -0.25) is 4.79 Å². The van der Waals surface area contributed by atoms with E-state index < -0.39 is 33.9 Å². The Morgan fingerprint density at radius 1 is 1.13 bits per heavy atom. The van der Waals surface area contributed by atoms with E-state index in [9.17, 15) is 22.7 Å². The lowest BCUT2D eigenvalue weighted by molar-refractivity contribution is -0.0891. The molecule has 1 saturated heterocycles. The first-order valence-corrected chi connectivity index (χ1v) is 11.2. The molecule has 0 aromatic heterocycles. The quantitative estimate of drug-likeness (QED) is 0.586. The molecule has 7 nitrogen and oxygen atoms in total. The molecule has 1 aliphatic heterocycles. The van der Waals surface area contributed by atoms with Crippen LogP contribution in [0.2, 0.25) is 0 Å². The number of nitrogens with one attached hydrogen (secondary N) is 2. The molecule has 3 N–H and O–H groups in total. The van der Waals surface area contributed by atoms with Gasteiger partial charge in [0.2, 0.25) is 10.0 Å². The average molecular weight is 437 g/mol. The Hall–Kier alpha value is -2.33. The molecule has 30 heavy (non-hydrogen) atoms. The van der Waals surface area contributed by atoms with Gasteiger partial charge in [-0.1, -0.05) is 24.3 Å². The van der Waals surface area contributed by atoms with Gasteiger partial charge in [0, 0.05) is 12.1 Å². The SMILES string of the molecule is O=C(N[C@H]1CC[C@H](CCNS(=O)(=O)c2ccccc2)O[C@@H]1CO)c1cccc(F)c1. The number of carbonyl (C=O) groups excluding carboxylic acids is 1. The van der Waals surface area contributed by atoms with Gasteiger partial charge < -0.3 is 15.2 Å². The van der Waals surface area contributed by atoms with Crippen molar-refractivity contribution >= 4 is 15.9 Å². The highest BCUT2D eigenvalue weighted by atomic mass is 32.2. The number of carbonyl (C=O) groups is 1. The summed E-state index contributed by atoms with van der Waals surface area (Å²) in [6.07, 6.45) is 0.725. The summed E-state index contributed by atoms with van der Waals surface area (Å²) in [5, 5.41) is 12.4. The van der Waals surface area contributed by atoms with E-state index in [4.69, 9.17) is 4.74 Å². The number of amides is 1. The van der Waals surface area contributed by atoms with Gasteiger partial charge in [0.25, 0.3) is 5.91 Å². The molecule has 0 radical (unpaired) electrons. The summed E-state index contributed by atoms with van der Waals surface area (Å²) in [5.74, 6) is -0.935. The Morgan fingerprint density at radius 3 is 2.60 bits per heavy atom. The number of aliphatic hydroxyl groups excluding tert-OH is 1. The van der Waals surface area contributed by atoms with E-state index in [1.165, 1.54) is 30.3 Å². The van der Waals surface area contributed by atoms with Crippen molar-refractivity contribution in [3.05, 3.63) is 66.0 Å². The molecule has 0 unspecified atom stereocenters. The van der Waals surface area contributed by atoms with E-state index in [0.717, 1.165) is 6.07 Å². The van der Waals surface area contributed by atoms with Gasteiger partial charge in [-0.25, -0.2) is 17.5 Å². The molecule has 3 atom stereocenters. The molecule has 1 fully saturated rings. The van der Waals surface area contributed by atoms with E-state index in [0.29, 0.717) is 19.3 Å². The highest BCUT2D eigenvalue weighted by molar-refractivity contribution is 7.89. The zero-order chi connectivity index (χ0) is 21.6. The summed E-state index contributed by atoms with van der Waals surface area (Å²) < 4.78 is 46.2. The van der Waals surface area contributed by atoms with E-state index in [-0.39, 0.29) is 29.7 Å². The van der Waals surface area contributed by atoms with Crippen LogP contribution in [0.5, 0.6) is 0 Å². The lowest BCUT2D eigenvalue weighted by Crippen LogP contribution is -2.51. The molecular weight excluding hydrogens is 411 g/mol. The van der Waals surface area contributed by atoms with Crippen LogP contribution in [0, 0.1) is 5.82 Å². The van der Waals surface area contributed by atoms with E-state index in [1.807, 2.05) is 0 Å². The second-order valence-corrected chi connectivity index (χ2v) is 8.91. The topological polar surface area (TPSA) is 105 Å². The lowest BCUT2D eigenvalue weighted by Gasteiger charge is -2.36. The maximum Gasteiger partial charge on any atom is 0.251 e. The van der Waals surface area contributed by atoms with Gasteiger partial charge in [-0.15, -0.1) is 0 Å². The number of aliphatic hydroxyl groups is 1. The first kappa shape index (κ1) is 22.4. The Balaban J connectivity index is 1.50. The molecule has 1 amide bonds. The molecule has 162 valence electrons. The second kappa shape index (κ2) is 10.1. The molecule has 0 saturated carbocycles. The third-order valence-electron chi connectivity index (χ3n) is 5.01. The number of hydrogen-bond donors (Lipinski definition) is 3. The molecule has 9 heteroatoms. The van der Waals surface area contributed by atoms with Gasteiger partial charge >= 0.3 is 0 Å². The summed E-state index contributed by atoms with van der Waals surface area (Å²) in [6.45, 7) is -0.0965. The fourth-order valence-corrected chi connectivity index (χ4v) is 4.50. The van der Waals surface area contributed by atoms with E-state index in [1.54, 1.807) is 18.2 Å². The highest BCUT2D eigenvalue weighted by Gasteiger charge is 2.32. The summed E-state index contributed by atoms with van der Waals surface area (Å²) in [5.41, 5.74) is 0.198. The van der Waals surface area contributed by atoms with Crippen LogP contribution in [0.3, 0.4) is 0 Å². The van der Waals surface area contributed by atoms with Crippen molar-refractivity contribution in [1.82, 2.24) is 10.0 Å². The van der Waals surface area contributed by atoms with Gasteiger partial charge in [-0.2, -0.15) is 0 Å². The summed E-state index contributed by atoms with van der Waals surface area (Å²) in [7, 11) is -3.58. The normalized spacial score (nSPS) is 21.9. The van der Waals surface area contributed by atoms with Crippen LogP contribution in [0.15, 0.2) is 59.5 Å². The Labute approximate surface area is 175 Å². The molecule has 0 aliphatic carbocycles. The summed E-state index contributed by atoms with van der Waals surface area (Å²) in [4.78, 5) is 12.5. The molecular formula is C21H25FN2O5S. The molecule has 1 aliphatic rings. The molecule has 2 aromatic rings. The Morgan fingerprint density at radius 2 is 1.90 bits per heavy atom. The number of ether oxygens (including phenoxy) is 1. The van der Waals surface area contributed by atoms with Crippen LogP contribution >= 0.6 is 0 Å².